The second-order valence-electron chi connectivity index (χ2n) is 5.80. The molecule has 106 valence electrons. The van der Waals surface area contributed by atoms with Gasteiger partial charge in [0.2, 0.25) is 5.95 Å². The number of aromatic nitrogens is 3. The lowest BCUT2D eigenvalue weighted by atomic mass is 9.95. The van der Waals surface area contributed by atoms with Crippen LogP contribution in [0.25, 0.3) is 0 Å². The first kappa shape index (κ1) is 12.9. The average Bonchev–Trinajstić information content (AvgIpc) is 3.05. The second-order valence-corrected chi connectivity index (χ2v) is 5.80. The van der Waals surface area contributed by atoms with Crippen LogP contribution >= 0.6 is 0 Å². The van der Waals surface area contributed by atoms with Gasteiger partial charge in [0.05, 0.1) is 6.10 Å². The molecule has 3 heterocycles. The van der Waals surface area contributed by atoms with E-state index in [2.05, 4.69) is 27.0 Å². The summed E-state index contributed by atoms with van der Waals surface area (Å²) >= 11 is 0. The van der Waals surface area contributed by atoms with E-state index in [1.807, 2.05) is 0 Å². The van der Waals surface area contributed by atoms with E-state index < -0.39 is 0 Å². The van der Waals surface area contributed by atoms with E-state index in [4.69, 9.17) is 10.5 Å². The van der Waals surface area contributed by atoms with Gasteiger partial charge in [0.1, 0.15) is 5.82 Å². The van der Waals surface area contributed by atoms with E-state index in [1.54, 1.807) is 0 Å². The molecule has 19 heavy (non-hydrogen) atoms. The summed E-state index contributed by atoms with van der Waals surface area (Å²) in [5, 5.41) is 7.35. The SMILES string of the molecule is CC1CCN(c2n[nH]c(CC3CCCO3)n2)CC1N. The summed E-state index contributed by atoms with van der Waals surface area (Å²) in [4.78, 5) is 6.76. The van der Waals surface area contributed by atoms with Crippen molar-refractivity contribution >= 4 is 5.95 Å². The van der Waals surface area contributed by atoms with Crippen molar-refractivity contribution < 1.29 is 4.74 Å². The van der Waals surface area contributed by atoms with Gasteiger partial charge >= 0.3 is 0 Å². The van der Waals surface area contributed by atoms with Crippen LogP contribution in [0.1, 0.15) is 32.0 Å². The van der Waals surface area contributed by atoms with Gasteiger partial charge in [0.25, 0.3) is 0 Å². The van der Waals surface area contributed by atoms with Gasteiger partial charge in [-0.2, -0.15) is 4.98 Å². The van der Waals surface area contributed by atoms with Crippen LogP contribution < -0.4 is 10.6 Å². The molecule has 0 saturated carbocycles. The molecule has 0 aliphatic carbocycles. The normalized spacial score (nSPS) is 31.9. The molecule has 2 saturated heterocycles. The highest BCUT2D eigenvalue weighted by Gasteiger charge is 2.26. The monoisotopic (exact) mass is 265 g/mol. The number of H-pyrrole nitrogens is 1. The fourth-order valence-corrected chi connectivity index (χ4v) is 2.82. The first-order valence-corrected chi connectivity index (χ1v) is 7.26. The Bertz CT molecular complexity index is 415. The van der Waals surface area contributed by atoms with Crippen LogP contribution in [0.3, 0.4) is 0 Å². The number of ether oxygens (including phenoxy) is 1. The third-order valence-corrected chi connectivity index (χ3v) is 4.26. The molecule has 0 aromatic carbocycles. The largest absolute Gasteiger partial charge is 0.378 e. The summed E-state index contributed by atoms with van der Waals surface area (Å²) < 4.78 is 5.62. The van der Waals surface area contributed by atoms with Gasteiger partial charge in [-0.1, -0.05) is 6.92 Å². The Balaban J connectivity index is 1.61. The summed E-state index contributed by atoms with van der Waals surface area (Å²) in [7, 11) is 0. The fraction of sp³-hybridized carbons (Fsp3) is 0.846. The van der Waals surface area contributed by atoms with Gasteiger partial charge in [-0.15, -0.1) is 5.10 Å². The number of nitrogens with two attached hydrogens (primary N) is 1. The van der Waals surface area contributed by atoms with Crippen molar-refractivity contribution in [3.8, 4) is 0 Å². The molecule has 1 aromatic heterocycles. The van der Waals surface area contributed by atoms with Crippen molar-refractivity contribution in [3.63, 3.8) is 0 Å². The zero-order chi connectivity index (χ0) is 13.2. The molecule has 0 spiro atoms. The van der Waals surface area contributed by atoms with Crippen molar-refractivity contribution in [2.24, 2.45) is 11.7 Å². The van der Waals surface area contributed by atoms with E-state index in [0.29, 0.717) is 12.0 Å². The fourth-order valence-electron chi connectivity index (χ4n) is 2.82. The van der Waals surface area contributed by atoms with E-state index in [1.165, 1.54) is 0 Å². The Labute approximate surface area is 113 Å². The molecule has 0 bridgehead atoms. The predicted octanol–water partition coefficient (Wildman–Crippen LogP) is 0.700. The molecule has 2 aliphatic rings. The number of aromatic amines is 1. The minimum atomic E-state index is 0.217. The Morgan fingerprint density at radius 2 is 2.37 bits per heavy atom. The van der Waals surface area contributed by atoms with Crippen molar-refractivity contribution in [3.05, 3.63) is 5.82 Å². The van der Waals surface area contributed by atoms with Crippen LogP contribution in [0, 0.1) is 5.92 Å². The van der Waals surface area contributed by atoms with E-state index in [9.17, 15) is 0 Å². The maximum absolute atomic E-state index is 6.12. The molecule has 3 N–H and O–H groups in total. The Morgan fingerprint density at radius 1 is 1.47 bits per heavy atom. The number of hydrogen-bond donors (Lipinski definition) is 2. The van der Waals surface area contributed by atoms with Gasteiger partial charge in [0, 0.05) is 32.2 Å². The summed E-state index contributed by atoms with van der Waals surface area (Å²) in [5.41, 5.74) is 6.12. The van der Waals surface area contributed by atoms with Crippen LogP contribution in [-0.4, -0.2) is 47.0 Å². The first-order chi connectivity index (χ1) is 9.22. The van der Waals surface area contributed by atoms with Gasteiger partial charge in [-0.25, -0.2) is 0 Å². The molecule has 1 aromatic rings. The van der Waals surface area contributed by atoms with Crippen molar-refractivity contribution in [2.75, 3.05) is 24.6 Å². The van der Waals surface area contributed by atoms with Crippen LogP contribution in [0.15, 0.2) is 0 Å². The number of anilines is 1. The summed E-state index contributed by atoms with van der Waals surface area (Å²) in [6.45, 7) is 4.93. The zero-order valence-electron chi connectivity index (χ0n) is 11.5. The highest BCUT2D eigenvalue weighted by molar-refractivity contribution is 5.30. The van der Waals surface area contributed by atoms with Crippen molar-refractivity contribution in [1.82, 2.24) is 15.2 Å². The maximum atomic E-state index is 6.12. The van der Waals surface area contributed by atoms with Crippen molar-refractivity contribution in [2.45, 2.75) is 44.8 Å². The molecule has 2 aliphatic heterocycles. The van der Waals surface area contributed by atoms with Crippen molar-refractivity contribution in [1.29, 1.82) is 0 Å². The van der Waals surface area contributed by atoms with Gasteiger partial charge in [0.15, 0.2) is 0 Å². The zero-order valence-corrected chi connectivity index (χ0v) is 11.5. The van der Waals surface area contributed by atoms with E-state index in [0.717, 1.165) is 57.2 Å². The lowest BCUT2D eigenvalue weighted by molar-refractivity contribution is 0.110. The lowest BCUT2D eigenvalue weighted by Crippen LogP contribution is -2.48. The Kier molecular flexibility index (Phi) is 3.70. The van der Waals surface area contributed by atoms with Crippen LogP contribution in [-0.2, 0) is 11.2 Å². The quantitative estimate of drug-likeness (QED) is 0.841. The molecule has 0 amide bonds. The number of nitrogens with zero attached hydrogens (tertiary/aromatic N) is 3. The minimum Gasteiger partial charge on any atom is -0.378 e. The van der Waals surface area contributed by atoms with E-state index >= 15 is 0 Å². The van der Waals surface area contributed by atoms with Crippen LogP contribution in [0.2, 0.25) is 0 Å². The third-order valence-electron chi connectivity index (χ3n) is 4.26. The smallest absolute Gasteiger partial charge is 0.244 e. The Hall–Kier alpha value is -1.14. The summed E-state index contributed by atoms with van der Waals surface area (Å²) in [5.74, 6) is 2.30. The first-order valence-electron chi connectivity index (χ1n) is 7.26. The standard InChI is InChI=1S/C13H23N5O/c1-9-4-5-18(8-11(9)14)13-15-12(16-17-13)7-10-3-2-6-19-10/h9-11H,2-8,14H2,1H3,(H,15,16,17). The lowest BCUT2D eigenvalue weighted by Gasteiger charge is -2.34. The third kappa shape index (κ3) is 2.90. The molecule has 3 atom stereocenters. The summed E-state index contributed by atoms with van der Waals surface area (Å²) in [6.07, 6.45) is 4.54. The summed E-state index contributed by atoms with van der Waals surface area (Å²) in [6, 6.07) is 0.217. The number of nitrogens with one attached hydrogen (secondary N) is 1. The molecule has 3 unspecified atom stereocenters. The topological polar surface area (TPSA) is 80.1 Å². The highest BCUT2D eigenvalue weighted by Crippen LogP contribution is 2.20. The Morgan fingerprint density at radius 3 is 3.11 bits per heavy atom. The predicted molar refractivity (Wildman–Crippen MR) is 73.0 cm³/mol. The molecule has 6 nitrogen and oxygen atoms in total. The number of rotatable bonds is 3. The molecule has 2 fully saturated rings. The van der Waals surface area contributed by atoms with Gasteiger partial charge in [-0.3, -0.25) is 5.10 Å². The molecule has 6 heteroatoms. The molecule has 3 rings (SSSR count). The number of piperidine rings is 1. The average molecular weight is 265 g/mol. The van der Waals surface area contributed by atoms with Crippen LogP contribution in [0.4, 0.5) is 5.95 Å². The van der Waals surface area contributed by atoms with Crippen LogP contribution in [0.5, 0.6) is 0 Å². The second kappa shape index (κ2) is 5.46. The van der Waals surface area contributed by atoms with Gasteiger partial charge in [-0.05, 0) is 25.2 Å². The molecular weight excluding hydrogens is 242 g/mol. The number of hydrogen-bond acceptors (Lipinski definition) is 5. The van der Waals surface area contributed by atoms with E-state index in [-0.39, 0.29) is 6.04 Å². The molecule has 0 radical (unpaired) electrons. The maximum Gasteiger partial charge on any atom is 0.244 e. The van der Waals surface area contributed by atoms with Gasteiger partial charge < -0.3 is 15.4 Å². The minimum absolute atomic E-state index is 0.217. The molecular formula is C13H23N5O. The highest BCUT2D eigenvalue weighted by atomic mass is 16.5.